The first kappa shape index (κ1) is 20.1. The van der Waals surface area contributed by atoms with Gasteiger partial charge in [0.2, 0.25) is 0 Å². The number of rotatable bonds is 7. The standard InChI is InChI=1S/C22H24FN3O2S/c1-26-21(16-9-11-17(23)12-10-16)24-25-22(26)29-14-18(27)13-28-20-8-4-6-15-5-2-3-7-19(15)20/h2-3,5,7,9-12,18,20,27H,4,6,8,13-14H2,1H3/t18-,20+/m0/s1. The van der Waals surface area contributed by atoms with Crippen molar-refractivity contribution >= 4 is 11.8 Å². The second-order valence-electron chi connectivity index (χ2n) is 7.25. The van der Waals surface area contributed by atoms with E-state index in [1.54, 1.807) is 12.1 Å². The van der Waals surface area contributed by atoms with E-state index in [1.165, 1.54) is 35.0 Å². The fourth-order valence-corrected chi connectivity index (χ4v) is 4.44. The number of ether oxygens (including phenoxy) is 1. The van der Waals surface area contributed by atoms with Gasteiger partial charge in [-0.15, -0.1) is 10.2 Å². The number of aryl methyl sites for hydroxylation is 1. The van der Waals surface area contributed by atoms with Crippen molar-refractivity contribution in [1.29, 1.82) is 0 Å². The highest BCUT2D eigenvalue weighted by Crippen LogP contribution is 2.32. The first-order valence-electron chi connectivity index (χ1n) is 9.77. The van der Waals surface area contributed by atoms with Gasteiger partial charge in [0.05, 0.1) is 18.8 Å². The summed E-state index contributed by atoms with van der Waals surface area (Å²) in [6.07, 6.45) is 2.65. The molecular formula is C22H24FN3O2S. The Labute approximate surface area is 173 Å². The van der Waals surface area contributed by atoms with Crippen LogP contribution in [0.25, 0.3) is 11.4 Å². The van der Waals surface area contributed by atoms with E-state index in [2.05, 4.69) is 28.4 Å². The second-order valence-corrected chi connectivity index (χ2v) is 8.24. The number of aliphatic hydroxyl groups excluding tert-OH is 1. The molecule has 0 saturated carbocycles. The van der Waals surface area contributed by atoms with E-state index in [9.17, 15) is 9.50 Å². The van der Waals surface area contributed by atoms with Crippen LogP contribution in [0.15, 0.2) is 53.7 Å². The number of hydrogen-bond donors (Lipinski definition) is 1. The molecule has 1 heterocycles. The third kappa shape index (κ3) is 4.69. The fraction of sp³-hybridized carbons (Fsp3) is 0.364. The Kier molecular flexibility index (Phi) is 6.28. The summed E-state index contributed by atoms with van der Waals surface area (Å²) in [4.78, 5) is 0. The predicted molar refractivity (Wildman–Crippen MR) is 111 cm³/mol. The summed E-state index contributed by atoms with van der Waals surface area (Å²) in [5.41, 5.74) is 3.39. The summed E-state index contributed by atoms with van der Waals surface area (Å²) >= 11 is 1.43. The Hall–Kier alpha value is -2.22. The predicted octanol–water partition coefficient (Wildman–Crippen LogP) is 4.17. The summed E-state index contributed by atoms with van der Waals surface area (Å²) in [6.45, 7) is 0.286. The molecule has 3 aromatic rings. The first-order valence-corrected chi connectivity index (χ1v) is 10.8. The van der Waals surface area contributed by atoms with Crippen molar-refractivity contribution in [2.45, 2.75) is 36.6 Å². The van der Waals surface area contributed by atoms with E-state index in [4.69, 9.17) is 4.74 Å². The van der Waals surface area contributed by atoms with Gasteiger partial charge in [-0.25, -0.2) is 4.39 Å². The van der Waals surface area contributed by atoms with Gasteiger partial charge >= 0.3 is 0 Å². The smallest absolute Gasteiger partial charge is 0.191 e. The van der Waals surface area contributed by atoms with Gasteiger partial charge in [0.1, 0.15) is 5.82 Å². The maximum Gasteiger partial charge on any atom is 0.191 e. The van der Waals surface area contributed by atoms with Gasteiger partial charge in [0.25, 0.3) is 0 Å². The van der Waals surface area contributed by atoms with Crippen LogP contribution in [-0.4, -0.2) is 38.3 Å². The van der Waals surface area contributed by atoms with Crippen molar-refractivity contribution in [2.75, 3.05) is 12.4 Å². The molecule has 0 spiro atoms. The van der Waals surface area contributed by atoms with E-state index < -0.39 is 6.10 Å². The third-order valence-electron chi connectivity index (χ3n) is 5.15. The molecule has 5 nitrogen and oxygen atoms in total. The lowest BCUT2D eigenvalue weighted by Crippen LogP contribution is -2.22. The number of benzene rings is 2. The number of aliphatic hydroxyl groups is 1. The zero-order valence-corrected chi connectivity index (χ0v) is 17.1. The second kappa shape index (κ2) is 9.07. The number of thioether (sulfide) groups is 1. The van der Waals surface area contributed by atoms with Gasteiger partial charge in [-0.05, 0) is 54.7 Å². The molecule has 0 radical (unpaired) electrons. The van der Waals surface area contributed by atoms with Crippen molar-refractivity contribution < 1.29 is 14.2 Å². The number of nitrogens with zero attached hydrogens (tertiary/aromatic N) is 3. The normalized spacial score (nSPS) is 17.1. The first-order chi connectivity index (χ1) is 14.1. The summed E-state index contributed by atoms with van der Waals surface area (Å²) in [7, 11) is 1.86. The highest BCUT2D eigenvalue weighted by atomic mass is 32.2. The lowest BCUT2D eigenvalue weighted by Gasteiger charge is -2.26. The minimum Gasteiger partial charge on any atom is -0.390 e. The van der Waals surface area contributed by atoms with Crippen LogP contribution in [0.2, 0.25) is 0 Å². The number of fused-ring (bicyclic) bond motifs is 1. The Bertz CT molecular complexity index is 961. The van der Waals surface area contributed by atoms with E-state index in [1.807, 2.05) is 17.7 Å². The molecule has 29 heavy (non-hydrogen) atoms. The molecule has 0 fully saturated rings. The van der Waals surface area contributed by atoms with Gasteiger partial charge in [-0.3, -0.25) is 0 Å². The van der Waals surface area contributed by atoms with Crippen LogP contribution in [0.4, 0.5) is 4.39 Å². The molecule has 1 aliphatic rings. The lowest BCUT2D eigenvalue weighted by atomic mass is 9.89. The molecular weight excluding hydrogens is 389 g/mol. The molecule has 0 amide bonds. The molecule has 0 aliphatic heterocycles. The van der Waals surface area contributed by atoms with Gasteiger partial charge in [0, 0.05) is 18.4 Å². The topological polar surface area (TPSA) is 60.2 Å². The summed E-state index contributed by atoms with van der Waals surface area (Å²) in [5, 5.41) is 19.5. The molecule has 7 heteroatoms. The largest absolute Gasteiger partial charge is 0.390 e. The van der Waals surface area contributed by atoms with Gasteiger partial charge in [0.15, 0.2) is 11.0 Å². The number of hydrogen-bond acceptors (Lipinski definition) is 5. The molecule has 1 aromatic heterocycles. The average Bonchev–Trinajstić information content (AvgIpc) is 3.11. The molecule has 152 valence electrons. The van der Waals surface area contributed by atoms with E-state index in [0.29, 0.717) is 16.7 Å². The zero-order valence-electron chi connectivity index (χ0n) is 16.3. The Morgan fingerprint density at radius 3 is 2.83 bits per heavy atom. The van der Waals surface area contributed by atoms with Crippen LogP contribution >= 0.6 is 11.8 Å². The molecule has 1 N–H and O–H groups in total. The van der Waals surface area contributed by atoms with Crippen LogP contribution in [0.5, 0.6) is 0 Å². The van der Waals surface area contributed by atoms with E-state index in [-0.39, 0.29) is 18.5 Å². The summed E-state index contributed by atoms with van der Waals surface area (Å²) < 4.78 is 21.0. The summed E-state index contributed by atoms with van der Waals surface area (Å²) in [5.74, 6) is 0.843. The minimum absolute atomic E-state index is 0.0551. The van der Waals surface area contributed by atoms with Crippen LogP contribution in [0, 0.1) is 5.82 Å². The SMILES string of the molecule is Cn1c(SC[C@@H](O)CO[C@@H]2CCCc3ccccc32)nnc1-c1ccc(F)cc1. The van der Waals surface area contributed by atoms with Crippen LogP contribution in [-0.2, 0) is 18.2 Å². The fourth-order valence-electron chi connectivity index (χ4n) is 3.62. The van der Waals surface area contributed by atoms with Gasteiger partial charge in [-0.1, -0.05) is 36.0 Å². The van der Waals surface area contributed by atoms with Crippen molar-refractivity contribution in [3.05, 3.63) is 65.5 Å². The van der Waals surface area contributed by atoms with Gasteiger partial charge in [-0.2, -0.15) is 0 Å². The molecule has 1 aliphatic carbocycles. The lowest BCUT2D eigenvalue weighted by molar-refractivity contribution is -0.00960. The highest BCUT2D eigenvalue weighted by Gasteiger charge is 2.21. The quantitative estimate of drug-likeness (QED) is 0.589. The molecule has 2 atom stereocenters. The van der Waals surface area contributed by atoms with Crippen molar-refractivity contribution in [3.63, 3.8) is 0 Å². The Balaban J connectivity index is 1.31. The molecule has 0 saturated heterocycles. The van der Waals surface area contributed by atoms with Crippen molar-refractivity contribution in [2.24, 2.45) is 7.05 Å². The molecule has 0 unspecified atom stereocenters. The molecule has 4 rings (SSSR count). The number of halogens is 1. The molecule has 2 aromatic carbocycles. The van der Waals surface area contributed by atoms with E-state index in [0.717, 1.165) is 24.8 Å². The van der Waals surface area contributed by atoms with Crippen molar-refractivity contribution in [3.8, 4) is 11.4 Å². The van der Waals surface area contributed by atoms with Crippen LogP contribution < -0.4 is 0 Å². The third-order valence-corrected chi connectivity index (χ3v) is 6.31. The highest BCUT2D eigenvalue weighted by molar-refractivity contribution is 7.99. The van der Waals surface area contributed by atoms with Gasteiger partial charge < -0.3 is 14.4 Å². The average molecular weight is 414 g/mol. The zero-order chi connectivity index (χ0) is 20.2. The minimum atomic E-state index is -0.597. The van der Waals surface area contributed by atoms with Crippen LogP contribution in [0.3, 0.4) is 0 Å². The maximum absolute atomic E-state index is 13.1. The molecule has 0 bridgehead atoms. The van der Waals surface area contributed by atoms with Crippen LogP contribution in [0.1, 0.15) is 30.1 Å². The monoisotopic (exact) mass is 413 g/mol. The van der Waals surface area contributed by atoms with E-state index >= 15 is 0 Å². The summed E-state index contributed by atoms with van der Waals surface area (Å²) in [6, 6.07) is 14.5. The Morgan fingerprint density at radius 1 is 1.21 bits per heavy atom. The Morgan fingerprint density at radius 2 is 2.00 bits per heavy atom. The number of aromatic nitrogens is 3. The maximum atomic E-state index is 13.1. The van der Waals surface area contributed by atoms with Crippen molar-refractivity contribution in [1.82, 2.24) is 14.8 Å².